The quantitative estimate of drug-likeness (QED) is 0.604. The Morgan fingerprint density at radius 3 is 1.75 bits per heavy atom. The predicted molar refractivity (Wildman–Crippen MR) is 45.1 cm³/mol. The van der Waals surface area contributed by atoms with Gasteiger partial charge < -0.3 is 10.2 Å². The molecule has 2 atom stereocenters. The van der Waals surface area contributed by atoms with Gasteiger partial charge >= 0.3 is 0 Å². The summed E-state index contributed by atoms with van der Waals surface area (Å²) in [6.45, 7) is 4.84. The van der Waals surface area contributed by atoms with E-state index in [1.54, 1.807) is 13.8 Å². The van der Waals surface area contributed by atoms with Crippen molar-refractivity contribution in [3.8, 4) is 0 Å². The maximum absolute atomic E-state index is 11.0. The van der Waals surface area contributed by atoms with E-state index in [2.05, 4.69) is 0 Å². The number of hydrogen-bond donors (Lipinski definition) is 2. The van der Waals surface area contributed by atoms with E-state index >= 15 is 0 Å². The van der Waals surface area contributed by atoms with E-state index in [0.717, 1.165) is 4.90 Å². The minimum Gasteiger partial charge on any atom is -0.373 e. The van der Waals surface area contributed by atoms with Crippen molar-refractivity contribution >= 4 is 5.91 Å². The minimum absolute atomic E-state index is 0.307. The van der Waals surface area contributed by atoms with E-state index in [4.69, 9.17) is 0 Å². The molecule has 0 bridgehead atoms. The van der Waals surface area contributed by atoms with Crippen molar-refractivity contribution in [1.82, 2.24) is 4.90 Å². The average molecular weight is 175 g/mol. The Kier molecular flexibility index (Phi) is 4.85. The molecule has 12 heavy (non-hydrogen) atoms. The molecule has 0 radical (unpaired) electrons. The van der Waals surface area contributed by atoms with Crippen LogP contribution in [0.15, 0.2) is 0 Å². The lowest BCUT2D eigenvalue weighted by molar-refractivity contribution is -0.158. The van der Waals surface area contributed by atoms with Gasteiger partial charge in [0.25, 0.3) is 0 Å². The Labute approximate surface area is 72.8 Å². The first-order valence-corrected chi connectivity index (χ1v) is 4.19. The highest BCUT2D eigenvalue weighted by atomic mass is 16.3. The summed E-state index contributed by atoms with van der Waals surface area (Å²) in [4.78, 5) is 12.0. The van der Waals surface area contributed by atoms with Crippen LogP contribution in [0.4, 0.5) is 0 Å². The van der Waals surface area contributed by atoms with Gasteiger partial charge in [0.15, 0.2) is 0 Å². The lowest BCUT2D eigenvalue weighted by Crippen LogP contribution is -2.45. The minimum atomic E-state index is -0.877. The molecule has 1 amide bonds. The summed E-state index contributed by atoms with van der Waals surface area (Å²) in [5.41, 5.74) is 0. The number of rotatable bonds is 4. The molecule has 0 rings (SSSR count). The first-order valence-electron chi connectivity index (χ1n) is 4.19. The smallest absolute Gasteiger partial charge is 0.223 e. The third-order valence-corrected chi connectivity index (χ3v) is 1.74. The van der Waals surface area contributed by atoms with E-state index in [9.17, 15) is 15.0 Å². The Hall–Kier alpha value is -0.610. The van der Waals surface area contributed by atoms with Crippen LogP contribution in [0, 0.1) is 0 Å². The second-order valence-corrected chi connectivity index (χ2v) is 2.70. The highest BCUT2D eigenvalue weighted by molar-refractivity contribution is 5.73. The van der Waals surface area contributed by atoms with Crippen molar-refractivity contribution in [2.75, 3.05) is 0 Å². The zero-order valence-corrected chi connectivity index (χ0v) is 7.82. The molecule has 72 valence electrons. The summed E-state index contributed by atoms with van der Waals surface area (Å²) in [7, 11) is 0. The van der Waals surface area contributed by atoms with Crippen LogP contribution < -0.4 is 0 Å². The molecule has 0 aliphatic rings. The van der Waals surface area contributed by atoms with Crippen molar-refractivity contribution in [2.24, 2.45) is 0 Å². The molecule has 0 aromatic carbocycles. The molecule has 0 aromatic rings. The standard InChI is InChI=1S/C8H17NO3/c1-4-7(11)9(6(3)10)8(12)5-2/h7-8,11-12H,4-5H2,1-3H3. The molecule has 0 saturated heterocycles. The molecule has 2 unspecified atom stereocenters. The monoisotopic (exact) mass is 175 g/mol. The Bertz CT molecular complexity index is 139. The zero-order valence-electron chi connectivity index (χ0n) is 7.82. The summed E-state index contributed by atoms with van der Waals surface area (Å²) in [5, 5.41) is 18.7. The maximum atomic E-state index is 11.0. The van der Waals surface area contributed by atoms with Gasteiger partial charge in [0, 0.05) is 6.92 Å². The lowest BCUT2D eigenvalue weighted by atomic mass is 10.3. The molecule has 4 heteroatoms. The molecule has 0 spiro atoms. The SMILES string of the molecule is CCC(O)N(C(C)=O)C(O)CC. The van der Waals surface area contributed by atoms with Crippen LogP contribution in [0.3, 0.4) is 0 Å². The van der Waals surface area contributed by atoms with Crippen molar-refractivity contribution in [2.45, 2.75) is 46.1 Å². The van der Waals surface area contributed by atoms with Gasteiger partial charge in [-0.3, -0.25) is 9.69 Å². The molecule has 4 nitrogen and oxygen atoms in total. The topological polar surface area (TPSA) is 60.8 Å². The van der Waals surface area contributed by atoms with Crippen molar-refractivity contribution in [1.29, 1.82) is 0 Å². The fraction of sp³-hybridized carbons (Fsp3) is 0.875. The van der Waals surface area contributed by atoms with Crippen LogP contribution in [0.2, 0.25) is 0 Å². The van der Waals surface area contributed by atoms with Gasteiger partial charge in [-0.2, -0.15) is 0 Å². The largest absolute Gasteiger partial charge is 0.373 e. The summed E-state index contributed by atoms with van der Waals surface area (Å²) in [5.74, 6) is -0.307. The van der Waals surface area contributed by atoms with Gasteiger partial charge in [0.1, 0.15) is 12.5 Å². The fourth-order valence-electron chi connectivity index (χ4n) is 1.01. The van der Waals surface area contributed by atoms with Crippen LogP contribution in [-0.4, -0.2) is 33.5 Å². The van der Waals surface area contributed by atoms with Gasteiger partial charge in [-0.15, -0.1) is 0 Å². The first kappa shape index (κ1) is 11.4. The van der Waals surface area contributed by atoms with Crippen LogP contribution in [0.1, 0.15) is 33.6 Å². The normalized spacial score (nSPS) is 15.4. The van der Waals surface area contributed by atoms with Gasteiger partial charge in [-0.25, -0.2) is 0 Å². The van der Waals surface area contributed by atoms with Crippen LogP contribution in [0.25, 0.3) is 0 Å². The average Bonchev–Trinajstić information content (AvgIpc) is 2.03. The van der Waals surface area contributed by atoms with Gasteiger partial charge in [-0.1, -0.05) is 13.8 Å². The summed E-state index contributed by atoms with van der Waals surface area (Å²) in [6, 6.07) is 0. The van der Waals surface area contributed by atoms with Crippen LogP contribution >= 0.6 is 0 Å². The second-order valence-electron chi connectivity index (χ2n) is 2.70. The molecule has 0 saturated carbocycles. The van der Waals surface area contributed by atoms with Crippen LogP contribution in [-0.2, 0) is 4.79 Å². The number of hydrogen-bond acceptors (Lipinski definition) is 3. The molecular formula is C8H17NO3. The lowest BCUT2D eigenvalue weighted by Gasteiger charge is -2.30. The first-order chi connectivity index (χ1) is 5.54. The van der Waals surface area contributed by atoms with E-state index < -0.39 is 12.5 Å². The zero-order chi connectivity index (χ0) is 9.72. The number of nitrogens with zero attached hydrogens (tertiary/aromatic N) is 1. The van der Waals surface area contributed by atoms with Crippen molar-refractivity contribution in [3.05, 3.63) is 0 Å². The fourth-order valence-corrected chi connectivity index (χ4v) is 1.01. The molecule has 0 fully saturated rings. The van der Waals surface area contributed by atoms with Crippen molar-refractivity contribution < 1.29 is 15.0 Å². The number of aliphatic hydroxyl groups excluding tert-OH is 2. The van der Waals surface area contributed by atoms with Gasteiger partial charge in [0.05, 0.1) is 0 Å². The van der Waals surface area contributed by atoms with E-state index in [1.807, 2.05) is 0 Å². The van der Waals surface area contributed by atoms with Gasteiger partial charge in [0.2, 0.25) is 5.91 Å². The van der Waals surface area contributed by atoms with E-state index in [1.165, 1.54) is 6.92 Å². The molecule has 2 N–H and O–H groups in total. The summed E-state index contributed by atoms with van der Waals surface area (Å²) >= 11 is 0. The summed E-state index contributed by atoms with van der Waals surface area (Å²) < 4.78 is 0. The second kappa shape index (κ2) is 5.11. The Balaban J connectivity index is 4.32. The number of amides is 1. The van der Waals surface area contributed by atoms with E-state index in [0.29, 0.717) is 12.8 Å². The summed E-state index contributed by atoms with van der Waals surface area (Å²) in [6.07, 6.45) is -0.900. The number of carbonyl (C=O) groups is 1. The third kappa shape index (κ3) is 2.79. The number of aliphatic hydroxyl groups is 2. The van der Waals surface area contributed by atoms with Gasteiger partial charge in [-0.05, 0) is 12.8 Å². The predicted octanol–water partition coefficient (Wildman–Crippen LogP) is 0.292. The highest BCUT2D eigenvalue weighted by Gasteiger charge is 2.22. The van der Waals surface area contributed by atoms with E-state index in [-0.39, 0.29) is 5.91 Å². The molecular weight excluding hydrogens is 158 g/mol. The van der Waals surface area contributed by atoms with Crippen LogP contribution in [0.5, 0.6) is 0 Å². The third-order valence-electron chi connectivity index (χ3n) is 1.74. The Morgan fingerprint density at radius 1 is 1.25 bits per heavy atom. The molecule has 0 aromatic heterocycles. The van der Waals surface area contributed by atoms with Crippen molar-refractivity contribution in [3.63, 3.8) is 0 Å². The maximum Gasteiger partial charge on any atom is 0.223 e. The molecule has 0 aliphatic carbocycles. The highest BCUT2D eigenvalue weighted by Crippen LogP contribution is 2.07. The Morgan fingerprint density at radius 2 is 1.58 bits per heavy atom. The number of carbonyl (C=O) groups excluding carboxylic acids is 1. The molecule has 0 aliphatic heterocycles. The molecule has 0 heterocycles.